The summed E-state index contributed by atoms with van der Waals surface area (Å²) in [7, 11) is 0. The second kappa shape index (κ2) is 7.69. The molecule has 2 aliphatic rings. The van der Waals surface area contributed by atoms with E-state index in [-0.39, 0.29) is 24.7 Å². The Balaban J connectivity index is 1.63. The first-order valence-electron chi connectivity index (χ1n) is 9.52. The van der Waals surface area contributed by atoms with Crippen molar-refractivity contribution in [3.8, 4) is 0 Å². The van der Waals surface area contributed by atoms with Crippen molar-refractivity contribution in [2.75, 3.05) is 13.1 Å². The van der Waals surface area contributed by atoms with Crippen LogP contribution in [0.2, 0.25) is 5.02 Å². The third-order valence-corrected chi connectivity index (χ3v) is 5.72. The summed E-state index contributed by atoms with van der Waals surface area (Å²) in [5.74, 6) is 0.160. The van der Waals surface area contributed by atoms with E-state index in [2.05, 4.69) is 10.1 Å². The van der Waals surface area contributed by atoms with Crippen LogP contribution < -0.4 is 5.69 Å². The van der Waals surface area contributed by atoms with E-state index in [4.69, 9.17) is 11.6 Å². The highest BCUT2D eigenvalue weighted by atomic mass is 35.5. The Kier molecular flexibility index (Phi) is 5.35. The summed E-state index contributed by atoms with van der Waals surface area (Å²) in [5, 5.41) is 13.4. The van der Waals surface area contributed by atoms with Crippen LogP contribution in [0.5, 0.6) is 0 Å². The first-order valence-corrected chi connectivity index (χ1v) is 9.89. The molecule has 0 aromatic carbocycles. The number of aliphatic hydroxyl groups is 1. The van der Waals surface area contributed by atoms with Crippen LogP contribution in [0, 0.1) is 0 Å². The van der Waals surface area contributed by atoms with Crippen molar-refractivity contribution in [1.29, 1.82) is 0 Å². The molecule has 162 valence electrons. The van der Waals surface area contributed by atoms with Gasteiger partial charge in [-0.2, -0.15) is 18.3 Å². The average Bonchev–Trinajstić information content (AvgIpc) is 3.25. The Morgan fingerprint density at radius 2 is 2.10 bits per heavy atom. The molecule has 1 fully saturated rings. The van der Waals surface area contributed by atoms with Crippen molar-refractivity contribution in [2.45, 2.75) is 50.6 Å². The van der Waals surface area contributed by atoms with Crippen molar-refractivity contribution >= 4 is 17.5 Å². The smallest absolute Gasteiger partial charge is 0.391 e. The van der Waals surface area contributed by atoms with Crippen LogP contribution in [0.3, 0.4) is 0 Å². The lowest BCUT2D eigenvalue weighted by Crippen LogP contribution is -2.42. The Hall–Kier alpha value is -2.40. The Morgan fingerprint density at radius 1 is 1.33 bits per heavy atom. The number of carbonyl (C=O) groups excluding carboxylic acids is 1. The fraction of sp³-hybridized carbons (Fsp3) is 0.556. The normalized spacial score (nSPS) is 21.7. The largest absolute Gasteiger partial charge is 0.417 e. The molecule has 0 aliphatic carbocycles. The number of aryl methyl sites for hydroxylation is 1. The van der Waals surface area contributed by atoms with Gasteiger partial charge in [0.25, 0.3) is 0 Å². The lowest BCUT2D eigenvalue weighted by molar-refractivity contribution is -0.137. The highest BCUT2D eigenvalue weighted by Gasteiger charge is 2.36. The fourth-order valence-electron chi connectivity index (χ4n) is 3.96. The van der Waals surface area contributed by atoms with Gasteiger partial charge < -0.3 is 10.0 Å². The lowest BCUT2D eigenvalue weighted by atomic mass is 10.0. The Labute approximate surface area is 173 Å². The van der Waals surface area contributed by atoms with Crippen molar-refractivity contribution < 1.29 is 23.1 Å². The van der Waals surface area contributed by atoms with Gasteiger partial charge in [0.15, 0.2) is 0 Å². The Bertz CT molecular complexity index is 1040. The standard InChI is InChI=1S/C18H19ClF3N5O3/c19-13-7-23-10(6-12(13)18(20,21)22)8-26-17(30)27-14(2-1-3-15(27)24-26)16(29)25-5-4-11(28)9-25/h6-7,11,14,28H,1-5,8-9H2/t11-,14-/m0/s1. The molecule has 30 heavy (non-hydrogen) atoms. The number of β-amino-alcohol motifs (C(OH)–C–C–N with tert-alkyl or cyclic N) is 1. The maximum absolute atomic E-state index is 13.1. The topological polar surface area (TPSA) is 93.2 Å². The summed E-state index contributed by atoms with van der Waals surface area (Å²) < 4.78 is 41.6. The Morgan fingerprint density at radius 3 is 2.77 bits per heavy atom. The maximum Gasteiger partial charge on any atom is 0.417 e. The SMILES string of the molecule is O=C([C@@H]1CCCc2nn(Cc3cc(C(F)(F)F)c(Cl)cn3)c(=O)n21)N1CC[C@H](O)C1. The van der Waals surface area contributed by atoms with E-state index in [9.17, 15) is 27.9 Å². The van der Waals surface area contributed by atoms with Crippen LogP contribution in [0.4, 0.5) is 13.2 Å². The van der Waals surface area contributed by atoms with Gasteiger partial charge in [-0.3, -0.25) is 14.3 Å². The monoisotopic (exact) mass is 445 g/mol. The summed E-state index contributed by atoms with van der Waals surface area (Å²) >= 11 is 5.59. The van der Waals surface area contributed by atoms with Gasteiger partial charge in [-0.15, -0.1) is 0 Å². The molecule has 12 heteroatoms. The lowest BCUT2D eigenvalue weighted by Gasteiger charge is -2.27. The number of hydrogen-bond acceptors (Lipinski definition) is 5. The number of aromatic nitrogens is 4. The number of aliphatic hydroxyl groups excluding tert-OH is 1. The molecule has 8 nitrogen and oxygen atoms in total. The number of fused-ring (bicyclic) bond motifs is 1. The summed E-state index contributed by atoms with van der Waals surface area (Å²) in [5.41, 5.74) is -1.63. The average molecular weight is 446 g/mol. The zero-order valence-corrected chi connectivity index (χ0v) is 16.5. The van der Waals surface area contributed by atoms with Gasteiger partial charge in [-0.25, -0.2) is 9.48 Å². The van der Waals surface area contributed by atoms with Crippen LogP contribution in [0.1, 0.15) is 42.4 Å². The van der Waals surface area contributed by atoms with Gasteiger partial charge in [0, 0.05) is 25.7 Å². The number of amides is 1. The van der Waals surface area contributed by atoms with E-state index >= 15 is 0 Å². The van der Waals surface area contributed by atoms with E-state index in [0.717, 1.165) is 16.9 Å². The number of hydrogen-bond donors (Lipinski definition) is 1. The molecule has 2 atom stereocenters. The molecule has 4 heterocycles. The highest BCUT2D eigenvalue weighted by Crippen LogP contribution is 2.34. The number of nitrogens with zero attached hydrogens (tertiary/aromatic N) is 5. The predicted octanol–water partition coefficient (Wildman–Crippen LogP) is 1.63. The molecule has 2 aromatic heterocycles. The molecule has 1 N–H and O–H groups in total. The molecular weight excluding hydrogens is 427 g/mol. The minimum absolute atomic E-state index is 0.0187. The molecule has 0 bridgehead atoms. The molecule has 2 aliphatic heterocycles. The zero-order chi connectivity index (χ0) is 21.6. The number of rotatable bonds is 3. The highest BCUT2D eigenvalue weighted by molar-refractivity contribution is 6.31. The number of alkyl halides is 3. The van der Waals surface area contributed by atoms with Crippen LogP contribution >= 0.6 is 11.6 Å². The zero-order valence-electron chi connectivity index (χ0n) is 15.8. The third kappa shape index (κ3) is 3.83. The molecule has 1 saturated heterocycles. The second-order valence-electron chi connectivity index (χ2n) is 7.51. The number of halogens is 4. The summed E-state index contributed by atoms with van der Waals surface area (Å²) in [4.78, 5) is 31.2. The quantitative estimate of drug-likeness (QED) is 0.775. The molecule has 0 unspecified atom stereocenters. The van der Waals surface area contributed by atoms with E-state index in [1.54, 1.807) is 0 Å². The van der Waals surface area contributed by atoms with Gasteiger partial charge in [0.1, 0.15) is 11.9 Å². The van der Waals surface area contributed by atoms with E-state index in [1.807, 2.05) is 0 Å². The van der Waals surface area contributed by atoms with E-state index in [0.29, 0.717) is 38.1 Å². The van der Waals surface area contributed by atoms with Crippen LogP contribution in [0.15, 0.2) is 17.1 Å². The first kappa shape index (κ1) is 20.9. The molecule has 0 saturated carbocycles. The molecule has 1 amide bonds. The number of likely N-dealkylation sites (tertiary alicyclic amines) is 1. The number of carbonyl (C=O) groups is 1. The second-order valence-corrected chi connectivity index (χ2v) is 7.92. The molecule has 2 aromatic rings. The van der Waals surface area contributed by atoms with Gasteiger partial charge in [-0.05, 0) is 25.3 Å². The number of pyridine rings is 1. The minimum atomic E-state index is -4.65. The molecular formula is C18H19ClF3N5O3. The summed E-state index contributed by atoms with van der Waals surface area (Å²) in [6.07, 6.45) is -2.24. The van der Waals surface area contributed by atoms with Gasteiger partial charge >= 0.3 is 11.9 Å². The predicted molar refractivity (Wildman–Crippen MR) is 99.0 cm³/mol. The van der Waals surface area contributed by atoms with Crippen molar-refractivity contribution in [3.05, 3.63) is 44.9 Å². The van der Waals surface area contributed by atoms with Gasteiger partial charge in [-0.1, -0.05) is 11.6 Å². The molecule has 4 rings (SSSR count). The van der Waals surface area contributed by atoms with Gasteiger partial charge in [0.2, 0.25) is 5.91 Å². The summed E-state index contributed by atoms with van der Waals surface area (Å²) in [6.45, 7) is 0.370. The minimum Gasteiger partial charge on any atom is -0.391 e. The van der Waals surface area contributed by atoms with Crippen LogP contribution in [-0.2, 0) is 23.9 Å². The van der Waals surface area contributed by atoms with Crippen molar-refractivity contribution in [2.24, 2.45) is 0 Å². The summed E-state index contributed by atoms with van der Waals surface area (Å²) in [6, 6.07) is 0.0608. The third-order valence-electron chi connectivity index (χ3n) is 5.42. The molecule has 0 spiro atoms. The van der Waals surface area contributed by atoms with Crippen molar-refractivity contribution in [3.63, 3.8) is 0 Å². The van der Waals surface area contributed by atoms with Crippen LogP contribution in [-0.4, -0.2) is 54.4 Å². The maximum atomic E-state index is 13.1. The van der Waals surface area contributed by atoms with Crippen LogP contribution in [0.25, 0.3) is 0 Å². The van der Waals surface area contributed by atoms with Gasteiger partial charge in [0.05, 0.1) is 28.9 Å². The molecule has 0 radical (unpaired) electrons. The first-order chi connectivity index (χ1) is 14.1. The fourth-order valence-corrected chi connectivity index (χ4v) is 4.17. The van der Waals surface area contributed by atoms with E-state index < -0.39 is 34.6 Å². The van der Waals surface area contributed by atoms with Crippen molar-refractivity contribution in [1.82, 2.24) is 24.2 Å². The van der Waals surface area contributed by atoms with E-state index in [1.165, 1.54) is 9.47 Å².